The molecule has 0 spiro atoms. The van der Waals surface area contributed by atoms with Crippen molar-refractivity contribution in [1.82, 2.24) is 29.4 Å². The van der Waals surface area contributed by atoms with Gasteiger partial charge in [0.2, 0.25) is 5.91 Å². The zero-order valence-corrected chi connectivity index (χ0v) is 25.5. The van der Waals surface area contributed by atoms with E-state index in [1.165, 1.54) is 36.8 Å². The van der Waals surface area contributed by atoms with E-state index in [2.05, 4.69) is 26.5 Å². The summed E-state index contributed by atoms with van der Waals surface area (Å²) in [5.74, 6) is -1.10. The molecule has 0 unspecified atom stereocenters. The normalized spacial score (nSPS) is 15.7. The third kappa shape index (κ3) is 5.50. The maximum absolute atomic E-state index is 15.9. The fourth-order valence-electron chi connectivity index (χ4n) is 5.24. The molecule has 0 radical (unpaired) electrons. The van der Waals surface area contributed by atoms with Crippen LogP contribution in [0.4, 0.5) is 10.2 Å². The van der Waals surface area contributed by atoms with Crippen LogP contribution in [-0.4, -0.2) is 75.7 Å². The van der Waals surface area contributed by atoms with Crippen LogP contribution in [0.1, 0.15) is 32.3 Å². The van der Waals surface area contributed by atoms with Crippen molar-refractivity contribution < 1.29 is 17.6 Å². The lowest BCUT2D eigenvalue weighted by atomic mass is 10.0. The van der Waals surface area contributed by atoms with Crippen LogP contribution in [0.25, 0.3) is 28.1 Å². The number of nitrogens with zero attached hydrogens (tertiary/aromatic N) is 7. The highest BCUT2D eigenvalue weighted by Crippen LogP contribution is 2.35. The van der Waals surface area contributed by atoms with Crippen molar-refractivity contribution in [2.45, 2.75) is 37.6 Å². The molecule has 14 heteroatoms. The predicted molar refractivity (Wildman–Crippen MR) is 162 cm³/mol. The minimum atomic E-state index is -3.90. The van der Waals surface area contributed by atoms with Crippen molar-refractivity contribution in [3.05, 3.63) is 76.3 Å². The number of fused-ring (bicyclic) bond motifs is 1. The molecule has 1 aliphatic heterocycles. The van der Waals surface area contributed by atoms with Crippen LogP contribution in [0.3, 0.4) is 0 Å². The Morgan fingerprint density at radius 1 is 1.21 bits per heavy atom. The lowest BCUT2D eigenvalue weighted by molar-refractivity contribution is -0.126. The number of amides is 1. The highest BCUT2D eigenvalue weighted by atomic mass is 35.5. The molecule has 0 bridgehead atoms. The molecule has 0 N–H and O–H groups in total. The fraction of sp³-hybridized carbons (Fsp3) is 0.310. The first-order valence-corrected chi connectivity index (χ1v) is 15.7. The van der Waals surface area contributed by atoms with Gasteiger partial charge >= 0.3 is 5.69 Å². The van der Waals surface area contributed by atoms with E-state index in [0.717, 1.165) is 10.8 Å². The van der Waals surface area contributed by atoms with Crippen LogP contribution in [0.2, 0.25) is 5.02 Å². The van der Waals surface area contributed by atoms with Gasteiger partial charge in [-0.1, -0.05) is 32.0 Å². The van der Waals surface area contributed by atoms with Crippen LogP contribution in [0.5, 0.6) is 0 Å². The van der Waals surface area contributed by atoms with Crippen LogP contribution in [0.15, 0.2) is 59.1 Å². The van der Waals surface area contributed by atoms with Crippen LogP contribution < -0.4 is 10.6 Å². The quantitative estimate of drug-likeness (QED) is 0.294. The summed E-state index contributed by atoms with van der Waals surface area (Å²) in [5, 5.41) is 0.297. The standard InChI is InChI=1S/C29H29ClFN7O4S/c1-6-23(39)36-10-11-37(17(4)15-36)27-18-12-21(31)25(24-20(30)8-7-9-33-24)34-28(18)38(29(40)35-27)26-19(16(2)3)13-32-14-22(26)43(5,41)42/h6-9,12-14,16-17H,1,10-11,15H2,2-5H3/t17-/m0/s1. The van der Waals surface area contributed by atoms with Gasteiger partial charge in [0.25, 0.3) is 0 Å². The Labute approximate surface area is 252 Å². The SMILES string of the molecule is C=CC(=O)N1CCN(c2nc(=O)n(-c3c(C(C)C)cncc3S(C)(=O)=O)c3nc(-c4ncccc4Cl)c(F)cc23)[C@@H](C)C1. The highest BCUT2D eigenvalue weighted by Gasteiger charge is 2.31. The van der Waals surface area contributed by atoms with Gasteiger partial charge in [-0.25, -0.2) is 27.2 Å². The number of pyridine rings is 3. The molecule has 0 aromatic carbocycles. The van der Waals surface area contributed by atoms with Gasteiger partial charge in [-0.15, -0.1) is 0 Å². The summed E-state index contributed by atoms with van der Waals surface area (Å²) in [5.41, 5.74) is -0.549. The predicted octanol–water partition coefficient (Wildman–Crippen LogP) is 3.78. The molecule has 5 rings (SSSR count). The molecule has 4 aromatic rings. The van der Waals surface area contributed by atoms with Crippen molar-refractivity contribution >= 4 is 44.2 Å². The molecule has 5 heterocycles. The first-order valence-electron chi connectivity index (χ1n) is 13.4. The van der Waals surface area contributed by atoms with Crippen LogP contribution >= 0.6 is 11.6 Å². The number of rotatable bonds is 6. The molecule has 1 fully saturated rings. The minimum absolute atomic E-state index is 0.0353. The van der Waals surface area contributed by atoms with Gasteiger partial charge < -0.3 is 9.80 Å². The number of sulfone groups is 1. The van der Waals surface area contributed by atoms with E-state index in [1.807, 2.05) is 25.7 Å². The van der Waals surface area contributed by atoms with E-state index >= 15 is 4.39 Å². The summed E-state index contributed by atoms with van der Waals surface area (Å²) in [4.78, 5) is 46.8. The van der Waals surface area contributed by atoms with Crippen molar-refractivity contribution in [3.63, 3.8) is 0 Å². The summed E-state index contributed by atoms with van der Waals surface area (Å²) in [6, 6.07) is 4.01. The number of carbonyl (C=O) groups is 1. The van der Waals surface area contributed by atoms with Crippen molar-refractivity contribution in [1.29, 1.82) is 0 Å². The molecule has 1 saturated heterocycles. The smallest absolute Gasteiger partial charge is 0.350 e. The number of halogens is 2. The maximum atomic E-state index is 15.9. The van der Waals surface area contributed by atoms with Crippen molar-refractivity contribution in [3.8, 4) is 17.1 Å². The van der Waals surface area contributed by atoms with Gasteiger partial charge in [0, 0.05) is 50.5 Å². The monoisotopic (exact) mass is 625 g/mol. The summed E-state index contributed by atoms with van der Waals surface area (Å²) in [7, 11) is -3.90. The zero-order valence-electron chi connectivity index (χ0n) is 24.0. The number of carbonyl (C=O) groups excluding carboxylic acids is 1. The molecular weight excluding hydrogens is 597 g/mol. The highest BCUT2D eigenvalue weighted by molar-refractivity contribution is 7.90. The molecule has 1 aliphatic rings. The lowest BCUT2D eigenvalue weighted by Crippen LogP contribution is -2.54. The molecule has 1 amide bonds. The maximum Gasteiger partial charge on any atom is 0.355 e. The largest absolute Gasteiger partial charge is 0.355 e. The Balaban J connectivity index is 1.88. The Bertz CT molecular complexity index is 1950. The molecule has 0 aliphatic carbocycles. The first-order chi connectivity index (χ1) is 20.3. The van der Waals surface area contributed by atoms with E-state index in [1.54, 1.807) is 11.0 Å². The third-order valence-electron chi connectivity index (χ3n) is 7.33. The molecule has 4 aromatic heterocycles. The molecule has 224 valence electrons. The second kappa shape index (κ2) is 11.5. The molecule has 11 nitrogen and oxygen atoms in total. The van der Waals surface area contributed by atoms with Gasteiger partial charge in [-0.3, -0.25) is 14.8 Å². The fourth-order valence-corrected chi connectivity index (χ4v) is 6.26. The Morgan fingerprint density at radius 3 is 2.58 bits per heavy atom. The Kier molecular flexibility index (Phi) is 8.05. The number of anilines is 1. The number of hydrogen-bond acceptors (Lipinski definition) is 9. The number of hydrogen-bond donors (Lipinski definition) is 0. The molecule has 43 heavy (non-hydrogen) atoms. The first kappa shape index (κ1) is 30.2. The summed E-state index contributed by atoms with van der Waals surface area (Å²) < 4.78 is 42.9. The van der Waals surface area contributed by atoms with Gasteiger partial charge in [-0.05, 0) is 42.7 Å². The van der Waals surface area contributed by atoms with E-state index in [9.17, 15) is 18.0 Å². The van der Waals surface area contributed by atoms with E-state index in [0.29, 0.717) is 25.2 Å². The van der Waals surface area contributed by atoms with Crippen LogP contribution in [0, 0.1) is 5.82 Å². The topological polar surface area (TPSA) is 131 Å². The lowest BCUT2D eigenvalue weighted by Gasteiger charge is -2.40. The molecular formula is C29H29ClFN7O4S. The average molecular weight is 626 g/mol. The van der Waals surface area contributed by atoms with Gasteiger partial charge in [0.05, 0.1) is 16.1 Å². The average Bonchev–Trinajstić information content (AvgIpc) is 2.96. The third-order valence-corrected chi connectivity index (χ3v) is 8.73. The summed E-state index contributed by atoms with van der Waals surface area (Å²) in [6.07, 6.45) is 6.34. The summed E-state index contributed by atoms with van der Waals surface area (Å²) >= 11 is 6.36. The second-order valence-corrected chi connectivity index (χ2v) is 13.0. The van der Waals surface area contributed by atoms with Gasteiger partial charge in [0.15, 0.2) is 21.3 Å². The number of aromatic nitrogens is 5. The summed E-state index contributed by atoms with van der Waals surface area (Å²) in [6.45, 7) is 10.00. The minimum Gasteiger partial charge on any atom is -0.350 e. The Hall–Kier alpha value is -4.23. The van der Waals surface area contributed by atoms with E-state index < -0.39 is 21.3 Å². The Morgan fingerprint density at radius 2 is 1.95 bits per heavy atom. The zero-order chi connectivity index (χ0) is 31.2. The van der Waals surface area contributed by atoms with Gasteiger partial charge in [-0.2, -0.15) is 4.98 Å². The van der Waals surface area contributed by atoms with Crippen molar-refractivity contribution in [2.75, 3.05) is 30.8 Å². The van der Waals surface area contributed by atoms with Crippen molar-refractivity contribution in [2.24, 2.45) is 0 Å². The van der Waals surface area contributed by atoms with Gasteiger partial charge in [0.1, 0.15) is 22.1 Å². The molecule has 1 atom stereocenters. The number of piperazine rings is 1. The van der Waals surface area contributed by atoms with E-state index in [4.69, 9.17) is 11.6 Å². The van der Waals surface area contributed by atoms with Crippen LogP contribution in [-0.2, 0) is 14.6 Å². The van der Waals surface area contributed by atoms with E-state index in [-0.39, 0.29) is 61.7 Å². The second-order valence-electron chi connectivity index (χ2n) is 10.6. The molecule has 0 saturated carbocycles.